The van der Waals surface area contributed by atoms with Crippen LogP contribution in [-0.4, -0.2) is 44.1 Å². The quantitative estimate of drug-likeness (QED) is 0.147. The van der Waals surface area contributed by atoms with E-state index in [2.05, 4.69) is 52.0 Å². The summed E-state index contributed by atoms with van der Waals surface area (Å²) in [6, 6.07) is 17.3. The van der Waals surface area contributed by atoms with Crippen molar-refractivity contribution in [2.24, 2.45) is 0 Å². The van der Waals surface area contributed by atoms with Crippen molar-refractivity contribution in [1.82, 2.24) is 9.71 Å². The average Bonchev–Trinajstić information content (AvgIpc) is 2.97. The topological polar surface area (TPSA) is 85.0 Å². The molecule has 9 heteroatoms. The van der Waals surface area contributed by atoms with Crippen molar-refractivity contribution in [1.29, 1.82) is 0 Å². The molecule has 2 amide bonds. The highest BCUT2D eigenvalue weighted by atomic mass is 32.2. The van der Waals surface area contributed by atoms with Crippen molar-refractivity contribution < 1.29 is 19.0 Å². The van der Waals surface area contributed by atoms with Crippen LogP contribution in [0, 0.1) is 20.8 Å². The zero-order chi connectivity index (χ0) is 28.6. The second-order valence-corrected chi connectivity index (χ2v) is 10.2. The van der Waals surface area contributed by atoms with E-state index in [0.717, 1.165) is 46.6 Å². The average molecular weight is 561 g/mol. The molecule has 0 aliphatic heterocycles. The summed E-state index contributed by atoms with van der Waals surface area (Å²) in [5.74, 6) is 3.30. The molecule has 8 nitrogen and oxygen atoms in total. The molecule has 0 radical (unpaired) electrons. The summed E-state index contributed by atoms with van der Waals surface area (Å²) >= 11 is 1.39. The number of amides is 2. The van der Waals surface area contributed by atoms with Crippen LogP contribution < -0.4 is 29.1 Å². The summed E-state index contributed by atoms with van der Waals surface area (Å²) in [5, 5.41) is 3.77. The maximum absolute atomic E-state index is 12.6. The van der Waals surface area contributed by atoms with E-state index in [1.807, 2.05) is 50.2 Å². The number of anilines is 2. The fourth-order valence-electron chi connectivity index (χ4n) is 4.48. The fourth-order valence-corrected chi connectivity index (χ4v) is 5.08. The van der Waals surface area contributed by atoms with Crippen molar-refractivity contribution >= 4 is 40.3 Å². The molecule has 0 aliphatic carbocycles. The third kappa shape index (κ3) is 6.54. The van der Waals surface area contributed by atoms with E-state index in [0.29, 0.717) is 23.0 Å². The summed E-state index contributed by atoms with van der Waals surface area (Å²) in [4.78, 5) is 19.4. The molecular weight excluding hydrogens is 524 g/mol. The lowest BCUT2D eigenvalue weighted by molar-refractivity contribution is 0.257. The maximum atomic E-state index is 12.6. The van der Waals surface area contributed by atoms with Gasteiger partial charge in [0.2, 0.25) is 0 Å². The zero-order valence-electron chi connectivity index (χ0n) is 23.8. The van der Waals surface area contributed by atoms with Crippen LogP contribution in [0.1, 0.15) is 23.6 Å². The summed E-state index contributed by atoms with van der Waals surface area (Å²) in [6.07, 6.45) is 1.70. The van der Waals surface area contributed by atoms with E-state index in [-0.39, 0.29) is 6.03 Å². The van der Waals surface area contributed by atoms with Crippen LogP contribution in [-0.2, 0) is 0 Å². The van der Waals surface area contributed by atoms with E-state index in [4.69, 9.17) is 14.2 Å². The predicted molar refractivity (Wildman–Crippen MR) is 165 cm³/mol. The van der Waals surface area contributed by atoms with Crippen molar-refractivity contribution in [3.8, 4) is 23.0 Å². The van der Waals surface area contributed by atoms with Gasteiger partial charge in [0.05, 0.1) is 19.7 Å². The lowest BCUT2D eigenvalue weighted by atomic mass is 10.1. The monoisotopic (exact) mass is 560 g/mol. The van der Waals surface area contributed by atoms with Crippen molar-refractivity contribution in [2.75, 3.05) is 43.3 Å². The minimum atomic E-state index is -0.263. The van der Waals surface area contributed by atoms with Crippen LogP contribution in [0.3, 0.4) is 0 Å². The first-order chi connectivity index (χ1) is 19.4. The number of nitrogens with one attached hydrogen (secondary N) is 2. The maximum Gasteiger partial charge on any atom is 0.329 e. The van der Waals surface area contributed by atoms with Gasteiger partial charge in [-0.25, -0.2) is 4.79 Å². The van der Waals surface area contributed by atoms with Crippen LogP contribution in [0.5, 0.6) is 23.0 Å². The van der Waals surface area contributed by atoms with Gasteiger partial charge in [-0.2, -0.15) is 0 Å². The Morgan fingerprint density at radius 1 is 0.925 bits per heavy atom. The molecule has 1 aromatic heterocycles. The van der Waals surface area contributed by atoms with Crippen molar-refractivity contribution in [3.63, 3.8) is 0 Å². The Bertz CT molecular complexity index is 1490. The van der Waals surface area contributed by atoms with Gasteiger partial charge in [0.15, 0.2) is 11.5 Å². The Hall–Kier alpha value is -4.11. The van der Waals surface area contributed by atoms with Gasteiger partial charge < -0.3 is 24.4 Å². The highest BCUT2D eigenvalue weighted by Crippen LogP contribution is 2.38. The van der Waals surface area contributed by atoms with Crippen LogP contribution in [0.2, 0.25) is 0 Å². The molecule has 210 valence electrons. The van der Waals surface area contributed by atoms with Crippen molar-refractivity contribution in [2.45, 2.75) is 27.7 Å². The molecule has 0 saturated heterocycles. The Balaban J connectivity index is 1.38. The standard InChI is InChI=1S/C31H36N4O4S/c1-7-35(26-11-9-8-10-20(26)2)16-17-40-34-31(36)33-24-12-13-27(22(4)21(24)3)39-28-14-15-32-25-19-30(38-6)29(37-5)18-23(25)28/h8-15,18-19H,7,16-17H2,1-6H3,(H2,33,34,36). The number of carbonyl (C=O) groups excluding carboxylic acids is 1. The molecule has 3 aromatic carbocycles. The second-order valence-electron chi connectivity index (χ2n) is 9.27. The first-order valence-electron chi connectivity index (χ1n) is 13.1. The highest BCUT2D eigenvalue weighted by Gasteiger charge is 2.15. The molecule has 0 bridgehead atoms. The molecule has 0 fully saturated rings. The molecular formula is C31H36N4O4S. The smallest absolute Gasteiger partial charge is 0.329 e. The lowest BCUT2D eigenvalue weighted by Crippen LogP contribution is -2.29. The van der Waals surface area contributed by atoms with E-state index in [9.17, 15) is 4.79 Å². The predicted octanol–water partition coefficient (Wildman–Crippen LogP) is 7.27. The number of rotatable bonds is 11. The van der Waals surface area contributed by atoms with E-state index >= 15 is 0 Å². The van der Waals surface area contributed by atoms with Gasteiger partial charge in [-0.15, -0.1) is 0 Å². The van der Waals surface area contributed by atoms with Crippen LogP contribution in [0.15, 0.2) is 60.8 Å². The van der Waals surface area contributed by atoms with Gasteiger partial charge >= 0.3 is 6.03 Å². The van der Waals surface area contributed by atoms with E-state index in [1.165, 1.54) is 23.2 Å². The molecule has 0 saturated carbocycles. The first kappa shape index (κ1) is 28.9. The summed E-state index contributed by atoms with van der Waals surface area (Å²) in [5.41, 5.74) is 5.78. The fraction of sp³-hybridized carbons (Fsp3) is 0.290. The molecule has 4 rings (SSSR count). The zero-order valence-corrected chi connectivity index (χ0v) is 24.6. The van der Waals surface area contributed by atoms with Gasteiger partial charge in [-0.1, -0.05) is 18.2 Å². The second kappa shape index (κ2) is 13.3. The molecule has 1 heterocycles. The molecule has 0 atom stereocenters. The van der Waals surface area contributed by atoms with Crippen LogP contribution in [0.25, 0.3) is 10.9 Å². The summed E-state index contributed by atoms with van der Waals surface area (Å²) < 4.78 is 20.1. The van der Waals surface area contributed by atoms with Crippen molar-refractivity contribution in [3.05, 3.63) is 77.5 Å². The largest absolute Gasteiger partial charge is 0.493 e. The Morgan fingerprint density at radius 2 is 1.68 bits per heavy atom. The SMILES string of the molecule is CCN(CCSNC(=O)Nc1ccc(Oc2ccnc3cc(OC)c(OC)cc23)c(C)c1C)c1ccccc1C. The molecule has 2 N–H and O–H groups in total. The van der Waals surface area contributed by atoms with Crippen LogP contribution >= 0.6 is 11.9 Å². The van der Waals surface area contributed by atoms with Gasteiger partial charge in [-0.05, 0) is 86.7 Å². The molecule has 0 unspecified atom stereocenters. The normalized spacial score (nSPS) is 10.8. The van der Waals surface area contributed by atoms with Crippen LogP contribution in [0.4, 0.5) is 16.2 Å². The Labute approximate surface area is 240 Å². The van der Waals surface area contributed by atoms with Gasteiger partial charge in [0.1, 0.15) is 11.5 Å². The number of carbonyl (C=O) groups is 1. The number of nitrogens with zero attached hydrogens (tertiary/aromatic N) is 2. The number of para-hydroxylation sites is 1. The Morgan fingerprint density at radius 3 is 2.40 bits per heavy atom. The lowest BCUT2D eigenvalue weighted by Gasteiger charge is -2.24. The van der Waals surface area contributed by atoms with Gasteiger partial charge in [0.25, 0.3) is 0 Å². The number of pyridine rings is 1. The molecule has 0 aliphatic rings. The minimum absolute atomic E-state index is 0.263. The summed E-state index contributed by atoms with van der Waals surface area (Å²) in [6.45, 7) is 9.93. The number of ether oxygens (including phenoxy) is 3. The Kier molecular flexibility index (Phi) is 9.60. The highest BCUT2D eigenvalue weighted by molar-refractivity contribution is 7.97. The third-order valence-electron chi connectivity index (χ3n) is 6.88. The minimum Gasteiger partial charge on any atom is -0.493 e. The number of fused-ring (bicyclic) bond motifs is 1. The van der Waals surface area contributed by atoms with Gasteiger partial charge in [-0.3, -0.25) is 9.71 Å². The number of hydrogen-bond acceptors (Lipinski definition) is 7. The number of urea groups is 1. The van der Waals surface area contributed by atoms with E-state index < -0.39 is 0 Å². The summed E-state index contributed by atoms with van der Waals surface area (Å²) in [7, 11) is 3.19. The van der Waals surface area contributed by atoms with E-state index in [1.54, 1.807) is 20.4 Å². The third-order valence-corrected chi connectivity index (χ3v) is 7.59. The van der Waals surface area contributed by atoms with Gasteiger partial charge in [0, 0.05) is 47.9 Å². The molecule has 4 aromatic rings. The number of aryl methyl sites for hydroxylation is 1. The first-order valence-corrected chi connectivity index (χ1v) is 14.1. The molecule has 40 heavy (non-hydrogen) atoms. The number of aromatic nitrogens is 1. The molecule has 0 spiro atoms. The number of methoxy groups -OCH3 is 2. The number of benzene rings is 3. The number of hydrogen-bond donors (Lipinski definition) is 2.